The highest BCUT2D eigenvalue weighted by atomic mass is 16.5. The van der Waals surface area contributed by atoms with Gasteiger partial charge in [0.15, 0.2) is 5.96 Å². The van der Waals surface area contributed by atoms with E-state index in [1.54, 1.807) is 13.3 Å². The van der Waals surface area contributed by atoms with Gasteiger partial charge in [0.1, 0.15) is 11.5 Å². The van der Waals surface area contributed by atoms with Crippen LogP contribution in [-0.4, -0.2) is 55.7 Å². The van der Waals surface area contributed by atoms with Gasteiger partial charge in [0, 0.05) is 31.9 Å². The monoisotopic (exact) mass is 411 g/mol. The highest BCUT2D eigenvalue weighted by molar-refractivity contribution is 5.79. The van der Waals surface area contributed by atoms with E-state index in [-0.39, 0.29) is 0 Å². The summed E-state index contributed by atoms with van der Waals surface area (Å²) < 4.78 is 10.9. The maximum absolute atomic E-state index is 5.78. The van der Waals surface area contributed by atoms with E-state index in [2.05, 4.69) is 32.4 Å². The third-order valence-corrected chi connectivity index (χ3v) is 5.01. The first-order valence-corrected chi connectivity index (χ1v) is 10.8. The highest BCUT2D eigenvalue weighted by Crippen LogP contribution is 2.22. The molecule has 30 heavy (non-hydrogen) atoms. The molecule has 2 aromatic rings. The second-order valence-electron chi connectivity index (χ2n) is 7.31. The Bertz CT molecular complexity index is 771. The van der Waals surface area contributed by atoms with Gasteiger partial charge in [-0.1, -0.05) is 12.5 Å². The topological polar surface area (TPSA) is 71.0 Å². The Kier molecular flexibility index (Phi) is 8.78. The van der Waals surface area contributed by atoms with E-state index in [1.165, 1.54) is 32.4 Å². The Balaban J connectivity index is 1.48. The quantitative estimate of drug-likeness (QED) is 0.487. The lowest BCUT2D eigenvalue weighted by Crippen LogP contribution is -2.42. The summed E-state index contributed by atoms with van der Waals surface area (Å²) in [6, 6.07) is 11.3. The van der Waals surface area contributed by atoms with Gasteiger partial charge in [-0.05, 0) is 62.7 Å². The van der Waals surface area contributed by atoms with Crippen LogP contribution in [0.15, 0.2) is 47.6 Å². The molecule has 7 nitrogen and oxygen atoms in total. The van der Waals surface area contributed by atoms with E-state index < -0.39 is 0 Å². The van der Waals surface area contributed by atoms with Crippen molar-refractivity contribution in [1.82, 2.24) is 20.5 Å². The maximum Gasteiger partial charge on any atom is 0.219 e. The lowest BCUT2D eigenvalue weighted by molar-refractivity contribution is 0.232. The summed E-state index contributed by atoms with van der Waals surface area (Å²) in [5, 5.41) is 6.74. The number of rotatable bonds is 9. The molecule has 1 fully saturated rings. The lowest BCUT2D eigenvalue weighted by Gasteiger charge is -2.26. The second-order valence-corrected chi connectivity index (χ2v) is 7.31. The van der Waals surface area contributed by atoms with Crippen LogP contribution in [0.1, 0.15) is 31.7 Å². The number of guanidine groups is 1. The van der Waals surface area contributed by atoms with Crippen LogP contribution in [-0.2, 0) is 6.54 Å². The van der Waals surface area contributed by atoms with Crippen LogP contribution >= 0.6 is 0 Å². The van der Waals surface area contributed by atoms with E-state index in [4.69, 9.17) is 9.47 Å². The zero-order valence-electron chi connectivity index (χ0n) is 18.1. The third-order valence-electron chi connectivity index (χ3n) is 5.01. The maximum atomic E-state index is 5.78. The number of aromatic nitrogens is 1. The van der Waals surface area contributed by atoms with Gasteiger partial charge < -0.3 is 25.0 Å². The van der Waals surface area contributed by atoms with Crippen LogP contribution in [0.25, 0.3) is 0 Å². The zero-order chi connectivity index (χ0) is 21.0. The van der Waals surface area contributed by atoms with Crippen LogP contribution in [0, 0.1) is 0 Å². The van der Waals surface area contributed by atoms with E-state index in [0.29, 0.717) is 12.4 Å². The average Bonchev–Trinajstić information content (AvgIpc) is 2.80. The molecule has 1 saturated heterocycles. The van der Waals surface area contributed by atoms with Crippen molar-refractivity contribution in [3.8, 4) is 17.4 Å². The fraction of sp³-hybridized carbons (Fsp3) is 0.478. The Morgan fingerprint density at radius 3 is 2.47 bits per heavy atom. The molecule has 3 rings (SSSR count). The summed E-state index contributed by atoms with van der Waals surface area (Å²) in [6.45, 7) is 7.87. The predicted molar refractivity (Wildman–Crippen MR) is 120 cm³/mol. The molecular formula is C23H33N5O2. The normalized spacial score (nSPS) is 14.9. The zero-order valence-corrected chi connectivity index (χ0v) is 18.1. The fourth-order valence-electron chi connectivity index (χ4n) is 3.36. The van der Waals surface area contributed by atoms with Crippen molar-refractivity contribution >= 4 is 5.96 Å². The van der Waals surface area contributed by atoms with E-state index in [1.807, 2.05) is 36.4 Å². The Morgan fingerprint density at radius 2 is 1.80 bits per heavy atom. The molecule has 1 aromatic heterocycles. The van der Waals surface area contributed by atoms with Crippen molar-refractivity contribution in [3.63, 3.8) is 0 Å². The Hall–Kier alpha value is -2.80. The van der Waals surface area contributed by atoms with Gasteiger partial charge in [0.25, 0.3) is 0 Å². The summed E-state index contributed by atoms with van der Waals surface area (Å²) in [5.74, 6) is 2.92. The van der Waals surface area contributed by atoms with Crippen molar-refractivity contribution in [1.29, 1.82) is 0 Å². The Labute approximate surface area is 179 Å². The SMILES string of the molecule is CCNC(=NCc1ccc(Oc2ccc(OC)cc2)nc1)NCCN1CCCCC1. The first-order valence-electron chi connectivity index (χ1n) is 10.8. The van der Waals surface area contributed by atoms with Crippen molar-refractivity contribution in [2.45, 2.75) is 32.7 Å². The van der Waals surface area contributed by atoms with Crippen LogP contribution < -0.4 is 20.1 Å². The molecular weight excluding hydrogens is 378 g/mol. The van der Waals surface area contributed by atoms with Gasteiger partial charge >= 0.3 is 0 Å². The number of piperidine rings is 1. The van der Waals surface area contributed by atoms with E-state index in [0.717, 1.165) is 42.7 Å². The van der Waals surface area contributed by atoms with Crippen LogP contribution in [0.3, 0.4) is 0 Å². The third kappa shape index (κ3) is 7.22. The fourth-order valence-corrected chi connectivity index (χ4v) is 3.36. The molecule has 0 radical (unpaired) electrons. The van der Waals surface area contributed by atoms with Crippen molar-refractivity contribution < 1.29 is 9.47 Å². The molecule has 2 N–H and O–H groups in total. The molecule has 0 atom stereocenters. The number of likely N-dealkylation sites (tertiary alicyclic amines) is 1. The van der Waals surface area contributed by atoms with Gasteiger partial charge in [-0.25, -0.2) is 9.98 Å². The number of nitrogens with one attached hydrogen (secondary N) is 2. The second kappa shape index (κ2) is 12.0. The number of pyridine rings is 1. The van der Waals surface area contributed by atoms with E-state index >= 15 is 0 Å². The standard InChI is InChI=1S/C23H33N5O2/c1-3-24-23(25-13-16-28-14-5-4-6-15-28)27-18-19-7-12-22(26-17-19)30-21-10-8-20(29-2)9-11-21/h7-12,17H,3-6,13-16,18H2,1-2H3,(H2,24,25,27). The van der Waals surface area contributed by atoms with Gasteiger partial charge in [0.2, 0.25) is 5.88 Å². The first kappa shape index (κ1) is 21.9. The molecule has 2 heterocycles. The Morgan fingerprint density at radius 1 is 1.03 bits per heavy atom. The molecule has 7 heteroatoms. The molecule has 0 unspecified atom stereocenters. The summed E-state index contributed by atoms with van der Waals surface area (Å²) in [6.07, 6.45) is 5.81. The molecule has 1 aromatic carbocycles. The number of ether oxygens (including phenoxy) is 2. The van der Waals surface area contributed by atoms with Gasteiger partial charge in [-0.15, -0.1) is 0 Å². The van der Waals surface area contributed by atoms with Crippen molar-refractivity contribution in [3.05, 3.63) is 48.2 Å². The summed E-state index contributed by atoms with van der Waals surface area (Å²) >= 11 is 0. The molecule has 0 spiro atoms. The van der Waals surface area contributed by atoms with Crippen molar-refractivity contribution in [2.24, 2.45) is 4.99 Å². The number of benzene rings is 1. The largest absolute Gasteiger partial charge is 0.497 e. The minimum Gasteiger partial charge on any atom is -0.497 e. The van der Waals surface area contributed by atoms with Gasteiger partial charge in [-0.2, -0.15) is 0 Å². The molecule has 0 amide bonds. The number of aliphatic imine (C=N–C) groups is 1. The highest BCUT2D eigenvalue weighted by Gasteiger charge is 2.09. The molecule has 162 valence electrons. The number of hydrogen-bond acceptors (Lipinski definition) is 5. The van der Waals surface area contributed by atoms with Gasteiger partial charge in [0.05, 0.1) is 13.7 Å². The van der Waals surface area contributed by atoms with Gasteiger partial charge in [-0.3, -0.25) is 0 Å². The molecule has 0 saturated carbocycles. The minimum atomic E-state index is 0.555. The van der Waals surface area contributed by atoms with Crippen LogP contribution in [0.5, 0.6) is 17.4 Å². The van der Waals surface area contributed by atoms with Crippen LogP contribution in [0.4, 0.5) is 0 Å². The minimum absolute atomic E-state index is 0.555. The lowest BCUT2D eigenvalue weighted by atomic mass is 10.1. The number of methoxy groups -OCH3 is 1. The number of hydrogen-bond donors (Lipinski definition) is 2. The predicted octanol–water partition coefficient (Wildman–Crippen LogP) is 3.42. The molecule has 0 aliphatic carbocycles. The summed E-state index contributed by atoms with van der Waals surface area (Å²) in [5.41, 5.74) is 1.03. The molecule has 1 aliphatic heterocycles. The van der Waals surface area contributed by atoms with E-state index in [9.17, 15) is 0 Å². The smallest absolute Gasteiger partial charge is 0.219 e. The molecule has 0 bridgehead atoms. The van der Waals surface area contributed by atoms with Crippen molar-refractivity contribution in [2.75, 3.05) is 39.8 Å². The summed E-state index contributed by atoms with van der Waals surface area (Å²) in [4.78, 5) is 11.6. The van der Waals surface area contributed by atoms with Crippen LogP contribution in [0.2, 0.25) is 0 Å². The number of nitrogens with zero attached hydrogens (tertiary/aromatic N) is 3. The average molecular weight is 412 g/mol. The first-order chi connectivity index (χ1) is 14.8. The molecule has 1 aliphatic rings. The summed E-state index contributed by atoms with van der Waals surface area (Å²) in [7, 11) is 1.64.